The second-order valence-electron chi connectivity index (χ2n) is 8.13. The highest BCUT2D eigenvalue weighted by atomic mass is 35.5. The van der Waals surface area contributed by atoms with E-state index in [9.17, 15) is 14.4 Å². The molecule has 1 N–H and O–H groups in total. The van der Waals surface area contributed by atoms with Gasteiger partial charge < -0.3 is 10.2 Å². The maximum atomic E-state index is 13.1. The summed E-state index contributed by atoms with van der Waals surface area (Å²) in [5, 5.41) is 2.83. The Balaban J connectivity index is 1.51. The number of hydrogen-bond acceptors (Lipinski definition) is 4. The number of carbonyl (C=O) groups is 3. The van der Waals surface area contributed by atoms with Crippen molar-refractivity contribution in [3.63, 3.8) is 0 Å². The zero-order valence-corrected chi connectivity index (χ0v) is 18.8. The van der Waals surface area contributed by atoms with Crippen molar-refractivity contribution in [3.05, 3.63) is 76.5 Å². The van der Waals surface area contributed by atoms with Crippen LogP contribution >= 0.6 is 11.6 Å². The van der Waals surface area contributed by atoms with Crippen LogP contribution in [0.25, 0.3) is 0 Å². The van der Waals surface area contributed by atoms with Gasteiger partial charge in [0.1, 0.15) is 10.7 Å². The van der Waals surface area contributed by atoms with Crippen molar-refractivity contribution in [3.8, 4) is 0 Å². The first-order valence-electron chi connectivity index (χ1n) is 11.0. The summed E-state index contributed by atoms with van der Waals surface area (Å²) in [6.45, 7) is 3.01. The summed E-state index contributed by atoms with van der Waals surface area (Å²) in [5.74, 6) is -1.03. The number of hydrogen-bond donors (Lipinski definition) is 1. The fourth-order valence-electron chi connectivity index (χ4n) is 4.30. The van der Waals surface area contributed by atoms with Crippen LogP contribution < -0.4 is 5.32 Å². The molecule has 0 bridgehead atoms. The largest absolute Gasteiger partial charge is 0.350 e. The van der Waals surface area contributed by atoms with E-state index in [4.69, 9.17) is 11.6 Å². The normalized spacial score (nSPS) is 19.0. The van der Waals surface area contributed by atoms with Crippen molar-refractivity contribution in [1.29, 1.82) is 0 Å². The van der Waals surface area contributed by atoms with Crippen LogP contribution in [0.3, 0.4) is 0 Å². The molecule has 0 aromatic heterocycles. The molecule has 3 amide bonds. The summed E-state index contributed by atoms with van der Waals surface area (Å²) in [6.07, 6.45) is 4.11. The molecule has 2 aromatic rings. The summed E-state index contributed by atoms with van der Waals surface area (Å²) < 4.78 is 0. The van der Waals surface area contributed by atoms with Crippen molar-refractivity contribution < 1.29 is 14.4 Å². The highest BCUT2D eigenvalue weighted by Gasteiger charge is 2.38. The van der Waals surface area contributed by atoms with Gasteiger partial charge in [-0.2, -0.15) is 0 Å². The molecule has 2 aliphatic heterocycles. The molecule has 1 fully saturated rings. The molecule has 2 aromatic carbocycles. The first kappa shape index (κ1) is 22.1. The lowest BCUT2D eigenvalue weighted by Crippen LogP contribution is -2.43. The Labute approximate surface area is 192 Å². The lowest BCUT2D eigenvalue weighted by Gasteiger charge is -2.35. The highest BCUT2D eigenvalue weighted by Crippen LogP contribution is 2.28. The first-order chi connectivity index (χ1) is 15.5. The van der Waals surface area contributed by atoms with Crippen molar-refractivity contribution in [2.24, 2.45) is 0 Å². The van der Waals surface area contributed by atoms with Gasteiger partial charge in [0.15, 0.2) is 0 Å². The lowest BCUT2D eigenvalue weighted by atomic mass is 9.99. The highest BCUT2D eigenvalue weighted by molar-refractivity contribution is 6.48. The standard InChI is InChI=1S/C25H26ClN3O3/c1-2-20-13-6-7-14-28(20)23(30)18-11-8-12-19(15-18)27-22-21(26)24(31)29(25(22)32)16-17-9-4-3-5-10-17/h3-5,8-12,15,20,27H,2,6-7,13-14,16H2,1H3/t20-/m0/s1. The van der Waals surface area contributed by atoms with Gasteiger partial charge in [0.2, 0.25) is 0 Å². The topological polar surface area (TPSA) is 69.7 Å². The minimum absolute atomic E-state index is 0.0141. The van der Waals surface area contributed by atoms with Gasteiger partial charge in [-0.15, -0.1) is 0 Å². The molecule has 1 saturated heterocycles. The second kappa shape index (κ2) is 9.57. The van der Waals surface area contributed by atoms with Crippen LogP contribution in [-0.2, 0) is 16.1 Å². The number of imide groups is 1. The van der Waals surface area contributed by atoms with Crippen molar-refractivity contribution in [2.45, 2.75) is 45.2 Å². The number of piperidine rings is 1. The molecule has 7 heteroatoms. The Bertz CT molecular complexity index is 1070. The van der Waals surface area contributed by atoms with E-state index in [0.29, 0.717) is 11.3 Å². The molecular formula is C25H26ClN3O3. The summed E-state index contributed by atoms with van der Waals surface area (Å²) >= 11 is 6.23. The average molecular weight is 452 g/mol. The van der Waals surface area contributed by atoms with Gasteiger partial charge >= 0.3 is 0 Å². The maximum absolute atomic E-state index is 13.1. The van der Waals surface area contributed by atoms with Crippen molar-refractivity contribution in [1.82, 2.24) is 9.80 Å². The van der Waals surface area contributed by atoms with Gasteiger partial charge in [-0.3, -0.25) is 19.3 Å². The van der Waals surface area contributed by atoms with Gasteiger partial charge in [-0.25, -0.2) is 0 Å². The number of carbonyl (C=O) groups excluding carboxylic acids is 3. The minimum atomic E-state index is -0.533. The third-order valence-corrected chi connectivity index (χ3v) is 6.38. The van der Waals surface area contributed by atoms with Crippen LogP contribution in [0.2, 0.25) is 0 Å². The van der Waals surface area contributed by atoms with Gasteiger partial charge in [0.05, 0.1) is 6.54 Å². The van der Waals surface area contributed by atoms with E-state index in [1.54, 1.807) is 24.3 Å². The molecule has 32 heavy (non-hydrogen) atoms. The number of nitrogens with one attached hydrogen (secondary N) is 1. The molecule has 4 rings (SSSR count). The fourth-order valence-corrected chi connectivity index (χ4v) is 4.53. The Morgan fingerprint density at radius 2 is 1.84 bits per heavy atom. The smallest absolute Gasteiger partial charge is 0.279 e. The molecular weight excluding hydrogens is 426 g/mol. The van der Waals surface area contributed by atoms with Gasteiger partial charge in [0.25, 0.3) is 17.7 Å². The minimum Gasteiger partial charge on any atom is -0.350 e. The van der Waals surface area contributed by atoms with E-state index in [1.165, 1.54) is 0 Å². The number of amides is 3. The molecule has 6 nitrogen and oxygen atoms in total. The summed E-state index contributed by atoms with van der Waals surface area (Å²) in [6, 6.07) is 16.5. The van der Waals surface area contributed by atoms with Crippen LogP contribution in [0.15, 0.2) is 65.3 Å². The molecule has 1 atom stereocenters. The fraction of sp³-hybridized carbons (Fsp3) is 0.320. The second-order valence-corrected chi connectivity index (χ2v) is 8.51. The van der Waals surface area contributed by atoms with Crippen molar-refractivity contribution in [2.75, 3.05) is 11.9 Å². The van der Waals surface area contributed by atoms with E-state index >= 15 is 0 Å². The zero-order valence-electron chi connectivity index (χ0n) is 18.0. The Morgan fingerprint density at radius 1 is 1.06 bits per heavy atom. The van der Waals surface area contributed by atoms with E-state index in [0.717, 1.165) is 42.7 Å². The van der Waals surface area contributed by atoms with Crippen LogP contribution in [0.5, 0.6) is 0 Å². The predicted molar refractivity (Wildman–Crippen MR) is 124 cm³/mol. The Morgan fingerprint density at radius 3 is 2.59 bits per heavy atom. The summed E-state index contributed by atoms with van der Waals surface area (Å²) in [5.41, 5.74) is 1.95. The lowest BCUT2D eigenvalue weighted by molar-refractivity contribution is -0.138. The van der Waals surface area contributed by atoms with E-state index in [-0.39, 0.29) is 29.2 Å². The molecule has 2 aliphatic rings. The van der Waals surface area contributed by atoms with Crippen LogP contribution in [-0.4, -0.2) is 40.1 Å². The SMILES string of the molecule is CC[C@H]1CCCCN1C(=O)c1cccc(NC2=C(Cl)C(=O)N(Cc3ccccc3)C2=O)c1. The molecule has 0 aliphatic carbocycles. The number of benzene rings is 2. The Kier molecular flexibility index (Phi) is 6.61. The third-order valence-electron chi connectivity index (χ3n) is 6.03. The third kappa shape index (κ3) is 4.41. The zero-order chi connectivity index (χ0) is 22.7. The van der Waals surface area contributed by atoms with Gasteiger partial charge in [-0.1, -0.05) is 54.9 Å². The van der Waals surface area contributed by atoms with Gasteiger partial charge in [-0.05, 0) is 49.4 Å². The van der Waals surface area contributed by atoms with E-state index in [1.807, 2.05) is 35.2 Å². The first-order valence-corrected chi connectivity index (χ1v) is 11.4. The average Bonchev–Trinajstić information content (AvgIpc) is 3.03. The number of nitrogens with zero attached hydrogens (tertiary/aromatic N) is 2. The Hall–Kier alpha value is -3.12. The molecule has 0 unspecified atom stereocenters. The van der Waals surface area contributed by atoms with Crippen LogP contribution in [0, 0.1) is 0 Å². The summed E-state index contributed by atoms with van der Waals surface area (Å²) in [4.78, 5) is 41.7. The van der Waals surface area contributed by atoms with Crippen LogP contribution in [0.4, 0.5) is 5.69 Å². The molecule has 2 heterocycles. The quantitative estimate of drug-likeness (QED) is 0.655. The molecule has 0 radical (unpaired) electrons. The predicted octanol–water partition coefficient (Wildman–Crippen LogP) is 4.52. The van der Waals surface area contributed by atoms with Crippen molar-refractivity contribution >= 4 is 35.0 Å². The number of rotatable bonds is 6. The monoisotopic (exact) mass is 451 g/mol. The maximum Gasteiger partial charge on any atom is 0.279 e. The number of anilines is 1. The number of likely N-dealkylation sites (tertiary alicyclic amines) is 1. The molecule has 0 saturated carbocycles. The van der Waals surface area contributed by atoms with E-state index in [2.05, 4.69) is 12.2 Å². The van der Waals surface area contributed by atoms with Gasteiger partial charge in [0, 0.05) is 23.8 Å². The van der Waals surface area contributed by atoms with E-state index < -0.39 is 11.8 Å². The van der Waals surface area contributed by atoms with Crippen LogP contribution in [0.1, 0.15) is 48.5 Å². The number of halogens is 1. The molecule has 0 spiro atoms. The molecule has 166 valence electrons. The summed E-state index contributed by atoms with van der Waals surface area (Å²) in [7, 11) is 0.